The summed E-state index contributed by atoms with van der Waals surface area (Å²) in [7, 11) is 0. The number of allylic oxidation sites excluding steroid dienone is 2. The van der Waals surface area contributed by atoms with Gasteiger partial charge in [-0.05, 0) is 37.3 Å². The van der Waals surface area contributed by atoms with Crippen LogP contribution in [0.5, 0.6) is 0 Å². The molecule has 6 nitrogen and oxygen atoms in total. The maximum absolute atomic E-state index is 12.2. The average Bonchev–Trinajstić information content (AvgIpc) is 3.11. The van der Waals surface area contributed by atoms with E-state index < -0.39 is 0 Å². The van der Waals surface area contributed by atoms with Gasteiger partial charge in [0.05, 0.1) is 17.1 Å². The molecule has 1 aliphatic heterocycles. The summed E-state index contributed by atoms with van der Waals surface area (Å²) in [6.07, 6.45) is 7.37. The molecule has 3 aromatic rings. The third-order valence-corrected chi connectivity index (χ3v) is 5.56. The van der Waals surface area contributed by atoms with E-state index in [1.807, 2.05) is 42.5 Å². The maximum Gasteiger partial charge on any atom is 0.229 e. The minimum Gasteiger partial charge on any atom is -0.360 e. The Labute approximate surface area is 184 Å². The molecule has 0 bridgehead atoms. The number of carbonyl (C=O) groups is 1. The molecule has 0 spiro atoms. The number of aromatic nitrogens is 2. The Morgan fingerprint density at radius 1 is 1.23 bits per heavy atom. The molecule has 31 heavy (non-hydrogen) atoms. The Morgan fingerprint density at radius 3 is 2.81 bits per heavy atom. The summed E-state index contributed by atoms with van der Waals surface area (Å²) in [5.74, 6) is 0.869. The lowest BCUT2D eigenvalue weighted by molar-refractivity contribution is -0.115. The van der Waals surface area contributed by atoms with E-state index >= 15 is 0 Å². The lowest BCUT2D eigenvalue weighted by atomic mass is 10.1. The Kier molecular flexibility index (Phi) is 6.24. The Hall–Kier alpha value is -3.71. The number of benzene rings is 1. The van der Waals surface area contributed by atoms with Gasteiger partial charge in [0, 0.05) is 34.0 Å². The van der Waals surface area contributed by atoms with Crippen LogP contribution in [0.1, 0.15) is 23.4 Å². The molecule has 0 radical (unpaired) electrons. The number of nitrogens with one attached hydrogen (secondary N) is 1. The van der Waals surface area contributed by atoms with E-state index in [2.05, 4.69) is 28.1 Å². The largest absolute Gasteiger partial charge is 0.360 e. The normalized spacial score (nSPS) is 13.5. The van der Waals surface area contributed by atoms with Gasteiger partial charge < -0.3 is 9.84 Å². The van der Waals surface area contributed by atoms with Gasteiger partial charge in [-0.2, -0.15) is 0 Å². The fourth-order valence-corrected chi connectivity index (χ4v) is 4.07. The van der Waals surface area contributed by atoms with E-state index in [9.17, 15) is 4.79 Å². The third-order valence-electron chi connectivity index (χ3n) is 4.42. The first-order valence-electron chi connectivity index (χ1n) is 9.68. The summed E-state index contributed by atoms with van der Waals surface area (Å²) in [6.45, 7) is 5.71. The van der Waals surface area contributed by atoms with Crippen molar-refractivity contribution >= 4 is 29.2 Å². The molecule has 154 valence electrons. The second-order valence-electron chi connectivity index (χ2n) is 6.70. The number of aliphatic imine (C=N–C) groups is 1. The van der Waals surface area contributed by atoms with Crippen LogP contribution in [0.15, 0.2) is 105 Å². The first kappa shape index (κ1) is 20.6. The number of amides is 1. The van der Waals surface area contributed by atoms with Gasteiger partial charge in [-0.25, -0.2) is 4.99 Å². The van der Waals surface area contributed by atoms with Gasteiger partial charge >= 0.3 is 0 Å². The van der Waals surface area contributed by atoms with Crippen molar-refractivity contribution in [2.45, 2.75) is 18.2 Å². The fraction of sp³-hybridized carbons (Fsp3) is 0.0833. The van der Waals surface area contributed by atoms with Crippen LogP contribution in [-0.2, 0) is 4.79 Å². The molecule has 0 saturated carbocycles. The van der Waals surface area contributed by atoms with Crippen molar-refractivity contribution in [1.82, 2.24) is 10.1 Å². The molecule has 7 heteroatoms. The lowest BCUT2D eigenvalue weighted by Gasteiger charge is -2.08. The molecule has 0 fully saturated rings. The molecule has 0 unspecified atom stereocenters. The fourth-order valence-electron chi connectivity index (χ4n) is 3.01. The van der Waals surface area contributed by atoms with Crippen molar-refractivity contribution in [3.8, 4) is 0 Å². The Bertz CT molecular complexity index is 1210. The molecule has 0 atom stereocenters. The van der Waals surface area contributed by atoms with Crippen molar-refractivity contribution < 1.29 is 9.32 Å². The van der Waals surface area contributed by atoms with Gasteiger partial charge in [-0.3, -0.25) is 9.78 Å². The zero-order chi connectivity index (χ0) is 21.6. The summed E-state index contributed by atoms with van der Waals surface area (Å²) in [5.41, 5.74) is 3.32. The average molecular weight is 429 g/mol. The summed E-state index contributed by atoms with van der Waals surface area (Å²) in [4.78, 5) is 23.5. The number of aryl methyl sites for hydroxylation is 1. The van der Waals surface area contributed by atoms with E-state index in [4.69, 9.17) is 9.52 Å². The molecule has 1 aliphatic rings. The highest BCUT2D eigenvalue weighted by Gasteiger charge is 2.19. The zero-order valence-corrected chi connectivity index (χ0v) is 17.7. The third kappa shape index (κ3) is 4.90. The van der Waals surface area contributed by atoms with E-state index in [-0.39, 0.29) is 12.3 Å². The van der Waals surface area contributed by atoms with Crippen LogP contribution in [0.25, 0.3) is 0 Å². The van der Waals surface area contributed by atoms with Crippen molar-refractivity contribution in [2.24, 2.45) is 4.99 Å². The molecular formula is C24H20N4O2S. The smallest absolute Gasteiger partial charge is 0.229 e. The number of carbonyl (C=O) groups excluding carboxylic acids is 1. The number of rotatable bonds is 6. The summed E-state index contributed by atoms with van der Waals surface area (Å²) in [6, 6.07) is 15.5. The maximum atomic E-state index is 12.2. The number of thioether (sulfide) groups is 1. The number of nitrogens with zero attached hydrogens (tertiary/aromatic N) is 3. The molecule has 2 aromatic heterocycles. The molecule has 3 heterocycles. The molecule has 1 aromatic carbocycles. The monoisotopic (exact) mass is 428 g/mol. The van der Waals surface area contributed by atoms with Crippen LogP contribution in [0.2, 0.25) is 0 Å². The SMILES string of the molecule is C=CC1=C(/C=C\CC(=O)Nc2cc(C)on2)Sc2ccccc2C(c2ccccn2)=N1. The molecule has 1 amide bonds. The van der Waals surface area contributed by atoms with E-state index in [0.717, 1.165) is 32.5 Å². The number of fused-ring (bicyclic) bond motifs is 1. The van der Waals surface area contributed by atoms with Crippen LogP contribution >= 0.6 is 11.8 Å². The standard InChI is InChI=1S/C24H20N4O2S/c1-3-18-21(12-8-13-23(29)27-22-15-16(2)30-28-22)31-20-11-5-4-9-17(20)24(26-18)19-10-6-7-14-25-19/h3-12,14-15H,1,13H2,2H3,(H,27,28,29)/b12-8-. The van der Waals surface area contributed by atoms with E-state index in [0.29, 0.717) is 11.6 Å². The highest BCUT2D eigenvalue weighted by Crippen LogP contribution is 2.37. The summed E-state index contributed by atoms with van der Waals surface area (Å²) >= 11 is 1.59. The van der Waals surface area contributed by atoms with Crippen LogP contribution in [0.3, 0.4) is 0 Å². The van der Waals surface area contributed by atoms with Gasteiger partial charge in [0.2, 0.25) is 5.91 Å². The predicted octanol–water partition coefficient (Wildman–Crippen LogP) is 5.30. The molecule has 1 N–H and O–H groups in total. The highest BCUT2D eigenvalue weighted by atomic mass is 32.2. The van der Waals surface area contributed by atoms with Crippen molar-refractivity contribution in [3.05, 3.63) is 107 Å². The minimum atomic E-state index is -0.179. The topological polar surface area (TPSA) is 80.4 Å². The zero-order valence-electron chi connectivity index (χ0n) is 16.9. The highest BCUT2D eigenvalue weighted by molar-refractivity contribution is 8.03. The Balaban J connectivity index is 1.61. The van der Waals surface area contributed by atoms with Crippen LogP contribution in [0, 0.1) is 6.92 Å². The van der Waals surface area contributed by atoms with Gasteiger partial charge in [-0.1, -0.05) is 53.8 Å². The minimum absolute atomic E-state index is 0.179. The number of anilines is 1. The van der Waals surface area contributed by atoms with Crippen molar-refractivity contribution in [1.29, 1.82) is 0 Å². The molecule has 0 saturated heterocycles. The van der Waals surface area contributed by atoms with Crippen LogP contribution in [-0.4, -0.2) is 21.8 Å². The Morgan fingerprint density at radius 2 is 2.06 bits per heavy atom. The van der Waals surface area contributed by atoms with Crippen LogP contribution in [0.4, 0.5) is 5.82 Å². The summed E-state index contributed by atoms with van der Waals surface area (Å²) in [5, 5.41) is 6.48. The van der Waals surface area contributed by atoms with Gasteiger partial charge in [0.25, 0.3) is 0 Å². The first-order chi connectivity index (χ1) is 15.1. The van der Waals surface area contributed by atoms with Crippen molar-refractivity contribution in [2.75, 3.05) is 5.32 Å². The lowest BCUT2D eigenvalue weighted by Crippen LogP contribution is -2.10. The number of hydrogen-bond acceptors (Lipinski definition) is 6. The van der Waals surface area contributed by atoms with Crippen molar-refractivity contribution in [3.63, 3.8) is 0 Å². The van der Waals surface area contributed by atoms with E-state index in [1.165, 1.54) is 0 Å². The molecule has 4 rings (SSSR count). The summed E-state index contributed by atoms with van der Waals surface area (Å²) < 4.78 is 4.96. The first-order valence-corrected chi connectivity index (χ1v) is 10.5. The van der Waals surface area contributed by atoms with Gasteiger partial charge in [-0.15, -0.1) is 0 Å². The number of pyridine rings is 1. The second-order valence-corrected chi connectivity index (χ2v) is 7.79. The predicted molar refractivity (Wildman–Crippen MR) is 123 cm³/mol. The van der Waals surface area contributed by atoms with E-state index in [1.54, 1.807) is 43.1 Å². The second kappa shape index (κ2) is 9.40. The molecule has 0 aliphatic carbocycles. The van der Waals surface area contributed by atoms with Gasteiger partial charge in [0.1, 0.15) is 5.76 Å². The molecular weight excluding hydrogens is 408 g/mol. The quantitative estimate of drug-likeness (QED) is 0.576. The van der Waals surface area contributed by atoms with Gasteiger partial charge in [0.15, 0.2) is 5.82 Å². The number of hydrogen-bond donors (Lipinski definition) is 1. The van der Waals surface area contributed by atoms with Crippen LogP contribution < -0.4 is 5.32 Å².